The summed E-state index contributed by atoms with van der Waals surface area (Å²) in [6.45, 7) is 10.2. The summed E-state index contributed by atoms with van der Waals surface area (Å²) < 4.78 is 12.6. The Morgan fingerprint density at radius 1 is 0.879 bits per heavy atom. The van der Waals surface area contributed by atoms with E-state index in [1.807, 2.05) is 51.1 Å². The third-order valence-corrected chi connectivity index (χ3v) is 7.72. The largest absolute Gasteiger partial charge is 0.344 e. The predicted octanol–water partition coefficient (Wildman–Crippen LogP) is 6.49. The molecule has 33 heavy (non-hydrogen) atoms. The molecule has 0 amide bonds. The fourth-order valence-corrected chi connectivity index (χ4v) is 5.96. The van der Waals surface area contributed by atoms with Crippen LogP contribution in [0.2, 0.25) is 0 Å². The Morgan fingerprint density at radius 2 is 1.55 bits per heavy atom. The van der Waals surface area contributed by atoms with Crippen LogP contribution in [0, 0.1) is 11.8 Å². The molecule has 2 aliphatic carbocycles. The van der Waals surface area contributed by atoms with Gasteiger partial charge in [0.05, 0.1) is 22.3 Å². The fraction of sp³-hybridized carbons (Fsp3) is 0.286. The van der Waals surface area contributed by atoms with Gasteiger partial charge in [-0.3, -0.25) is 0 Å². The van der Waals surface area contributed by atoms with Crippen LogP contribution in [0.5, 0.6) is 0 Å². The molecule has 1 saturated heterocycles. The number of fused-ring (bicyclic) bond motifs is 8. The summed E-state index contributed by atoms with van der Waals surface area (Å²) in [6, 6.07) is 12.2. The van der Waals surface area contributed by atoms with E-state index in [0.29, 0.717) is 15.1 Å². The van der Waals surface area contributed by atoms with E-state index in [2.05, 4.69) is 36.9 Å². The zero-order valence-electron chi connectivity index (χ0n) is 18.7. The summed E-state index contributed by atoms with van der Waals surface area (Å²) in [6.07, 6.45) is 7.59. The van der Waals surface area contributed by atoms with Gasteiger partial charge in [0, 0.05) is 27.3 Å². The van der Waals surface area contributed by atoms with E-state index >= 15 is 0 Å². The van der Waals surface area contributed by atoms with E-state index in [-0.39, 0.29) is 24.0 Å². The maximum absolute atomic E-state index is 6.99. The van der Waals surface area contributed by atoms with Gasteiger partial charge in [-0.1, -0.05) is 96.0 Å². The molecular weight excluding hydrogens is 475 g/mol. The highest BCUT2D eigenvalue weighted by Gasteiger charge is 2.50. The molecule has 2 bridgehead atoms. The number of hydrogen-bond acceptors (Lipinski definition) is 2. The zero-order chi connectivity index (χ0) is 23.5. The minimum Gasteiger partial charge on any atom is -0.344 e. The smallest absolute Gasteiger partial charge is 0.163 e. The first-order valence-electron chi connectivity index (χ1n) is 11.0. The van der Waals surface area contributed by atoms with E-state index in [4.69, 9.17) is 44.3 Å². The van der Waals surface area contributed by atoms with Crippen molar-refractivity contribution in [2.75, 3.05) is 0 Å². The maximum atomic E-state index is 6.99. The topological polar surface area (TPSA) is 18.5 Å². The van der Waals surface area contributed by atoms with Gasteiger partial charge in [0.2, 0.25) is 0 Å². The van der Waals surface area contributed by atoms with E-state index in [9.17, 15) is 0 Å². The predicted molar refractivity (Wildman–Crippen MR) is 138 cm³/mol. The number of benzene rings is 2. The minimum atomic E-state index is -0.717. The molecule has 1 heterocycles. The number of rotatable bonds is 0. The number of allylic oxidation sites excluding steroid dienone is 3. The maximum Gasteiger partial charge on any atom is 0.163 e. The first-order valence-corrected chi connectivity index (χ1v) is 12.2. The van der Waals surface area contributed by atoms with Crippen molar-refractivity contribution >= 4 is 55.6 Å². The molecule has 0 spiro atoms. The summed E-state index contributed by atoms with van der Waals surface area (Å²) in [5.41, 5.74) is 1.82. The lowest BCUT2D eigenvalue weighted by atomic mass is 9.79. The van der Waals surface area contributed by atoms with Crippen LogP contribution < -0.4 is 10.4 Å². The minimum absolute atomic E-state index is 0.0480. The molecule has 4 unspecified atom stereocenters. The fourth-order valence-electron chi connectivity index (χ4n) is 5.07. The molecule has 0 N–H and O–H groups in total. The molecule has 3 aliphatic rings. The third-order valence-electron chi connectivity index (χ3n) is 6.56. The Kier molecular flexibility index (Phi) is 5.87. The van der Waals surface area contributed by atoms with Crippen LogP contribution in [0.15, 0.2) is 83.5 Å². The lowest BCUT2D eigenvalue weighted by molar-refractivity contribution is -0.149. The average molecular weight is 500 g/mol. The quantitative estimate of drug-likeness (QED) is 0.385. The Labute approximate surface area is 209 Å². The summed E-state index contributed by atoms with van der Waals surface area (Å²) in [5.74, 6) is -0.946. The molecule has 5 rings (SSSR count). The van der Waals surface area contributed by atoms with E-state index in [1.165, 1.54) is 0 Å². The van der Waals surface area contributed by atoms with Crippen molar-refractivity contribution < 1.29 is 9.47 Å². The Hall–Kier alpha value is -1.81. The Morgan fingerprint density at radius 3 is 2.30 bits per heavy atom. The molecule has 1 aliphatic heterocycles. The lowest BCUT2D eigenvalue weighted by Crippen LogP contribution is -2.39. The van der Waals surface area contributed by atoms with Gasteiger partial charge >= 0.3 is 0 Å². The van der Waals surface area contributed by atoms with Crippen LogP contribution in [0.1, 0.15) is 20.8 Å². The van der Waals surface area contributed by atoms with Gasteiger partial charge in [0.15, 0.2) is 5.79 Å². The summed E-state index contributed by atoms with van der Waals surface area (Å²) >= 11 is 20.9. The van der Waals surface area contributed by atoms with Crippen LogP contribution in [-0.4, -0.2) is 18.0 Å². The van der Waals surface area contributed by atoms with E-state index < -0.39 is 5.79 Å². The summed E-state index contributed by atoms with van der Waals surface area (Å²) in [7, 11) is 0. The van der Waals surface area contributed by atoms with Gasteiger partial charge in [-0.2, -0.15) is 0 Å². The molecule has 0 aromatic heterocycles. The van der Waals surface area contributed by atoms with Gasteiger partial charge in [-0.05, 0) is 48.8 Å². The SMILES string of the molecule is C=C1/C=C(C)/C(Cl)=c2/ccc3ccccc3c2=C(Cl)/C=C(\Cl)C2C=CC1C1OC(C)(C)OC21. The summed E-state index contributed by atoms with van der Waals surface area (Å²) in [4.78, 5) is 0. The average Bonchev–Trinajstić information content (AvgIpc) is 3.10. The number of hydrogen-bond donors (Lipinski definition) is 0. The number of halogens is 3. The molecule has 2 aromatic carbocycles. The molecule has 0 radical (unpaired) electrons. The van der Waals surface area contributed by atoms with Crippen LogP contribution in [0.3, 0.4) is 0 Å². The van der Waals surface area contributed by atoms with Gasteiger partial charge in [0.1, 0.15) is 0 Å². The second-order valence-electron chi connectivity index (χ2n) is 9.30. The van der Waals surface area contributed by atoms with Gasteiger partial charge in [-0.15, -0.1) is 0 Å². The van der Waals surface area contributed by atoms with E-state index in [1.54, 1.807) is 0 Å². The van der Waals surface area contributed by atoms with E-state index in [0.717, 1.165) is 32.4 Å². The lowest BCUT2D eigenvalue weighted by Gasteiger charge is -2.33. The van der Waals surface area contributed by atoms with Crippen molar-refractivity contribution in [2.24, 2.45) is 11.8 Å². The second-order valence-corrected chi connectivity index (χ2v) is 10.5. The highest BCUT2D eigenvalue weighted by molar-refractivity contribution is 6.50. The molecular formula is C28H25Cl3O2. The van der Waals surface area contributed by atoms with Gasteiger partial charge in [0.25, 0.3) is 0 Å². The van der Waals surface area contributed by atoms with Crippen molar-refractivity contribution in [3.8, 4) is 0 Å². The summed E-state index contributed by atoms with van der Waals surface area (Å²) in [5, 5.41) is 5.55. The zero-order valence-corrected chi connectivity index (χ0v) is 21.0. The van der Waals surface area contributed by atoms with Crippen LogP contribution in [0.25, 0.3) is 20.8 Å². The molecule has 2 nitrogen and oxygen atoms in total. The Balaban J connectivity index is 1.86. The van der Waals surface area contributed by atoms with Crippen molar-refractivity contribution in [2.45, 2.75) is 38.8 Å². The second kappa shape index (κ2) is 8.45. The van der Waals surface area contributed by atoms with Crippen molar-refractivity contribution in [3.05, 3.63) is 93.9 Å². The molecule has 170 valence electrons. The van der Waals surface area contributed by atoms with Gasteiger partial charge in [-0.25, -0.2) is 0 Å². The first-order chi connectivity index (χ1) is 15.7. The van der Waals surface area contributed by atoms with Crippen LogP contribution in [0.4, 0.5) is 0 Å². The highest BCUT2D eigenvalue weighted by atomic mass is 35.5. The van der Waals surface area contributed by atoms with Crippen molar-refractivity contribution in [3.63, 3.8) is 0 Å². The van der Waals surface area contributed by atoms with Crippen LogP contribution in [-0.2, 0) is 9.47 Å². The third kappa shape index (κ3) is 4.03. The molecule has 2 aromatic rings. The Bertz CT molecular complexity index is 1380. The van der Waals surface area contributed by atoms with Crippen molar-refractivity contribution in [1.29, 1.82) is 0 Å². The molecule has 4 atom stereocenters. The first kappa shape index (κ1) is 23.0. The number of ether oxygens (including phenoxy) is 2. The molecule has 0 saturated carbocycles. The van der Waals surface area contributed by atoms with Crippen LogP contribution >= 0.6 is 34.8 Å². The van der Waals surface area contributed by atoms with Crippen molar-refractivity contribution in [1.82, 2.24) is 0 Å². The molecule has 1 fully saturated rings. The highest BCUT2D eigenvalue weighted by Crippen LogP contribution is 2.45. The normalized spacial score (nSPS) is 33.9. The monoisotopic (exact) mass is 498 g/mol. The standard InChI is InChI=1S/C28H25Cl3O2/c1-15-13-16(2)25(31)21-10-9-17-7-5-6-8-19(17)24(21)23(30)14-22(29)20-12-11-18(15)26-27(20)33-28(3,4)32-26/h5-14,18,20,26-27H,1H2,2-4H3/b16-13+,22-14-,24-23?,25-21+. The van der Waals surface area contributed by atoms with Gasteiger partial charge < -0.3 is 9.47 Å². The molecule has 5 heteroatoms.